The number of aryl methyl sites for hydroxylation is 1. The summed E-state index contributed by atoms with van der Waals surface area (Å²) in [5.74, 6) is 1.06. The number of rotatable bonds is 4. The van der Waals surface area contributed by atoms with Gasteiger partial charge in [0, 0.05) is 31.3 Å². The van der Waals surface area contributed by atoms with Crippen molar-refractivity contribution in [3.8, 4) is 11.3 Å². The molecule has 1 saturated heterocycles. The molecule has 0 aliphatic carbocycles. The number of amides is 1. The summed E-state index contributed by atoms with van der Waals surface area (Å²) in [6.45, 7) is 3.61. The molecular formula is C22H22N6O2. The highest BCUT2D eigenvalue weighted by atomic mass is 16.5. The van der Waals surface area contributed by atoms with E-state index in [4.69, 9.17) is 4.52 Å². The predicted molar refractivity (Wildman–Crippen MR) is 111 cm³/mol. The third-order valence-electron chi connectivity index (χ3n) is 5.70. The van der Waals surface area contributed by atoms with Gasteiger partial charge >= 0.3 is 0 Å². The highest BCUT2D eigenvalue weighted by molar-refractivity contribution is 5.80. The van der Waals surface area contributed by atoms with Crippen LogP contribution < -0.4 is 0 Å². The number of hydrogen-bond acceptors (Lipinski definition) is 6. The maximum Gasteiger partial charge on any atom is 0.242 e. The van der Waals surface area contributed by atoms with Gasteiger partial charge in [0.05, 0.1) is 34.3 Å². The topological polar surface area (TPSA) is 89.9 Å². The largest absolute Gasteiger partial charge is 0.356 e. The predicted octanol–water partition coefficient (Wildman–Crippen LogP) is 3.20. The SMILES string of the molecule is Cc1cc(-c2cncnc2C2CCN(C(=O)Cn3cnc4ccccc43)CC2)on1. The third-order valence-corrected chi connectivity index (χ3v) is 5.70. The van der Waals surface area contributed by atoms with E-state index < -0.39 is 0 Å². The van der Waals surface area contributed by atoms with Gasteiger partial charge in [-0.3, -0.25) is 4.79 Å². The van der Waals surface area contributed by atoms with E-state index in [0.29, 0.717) is 25.4 Å². The first-order valence-electron chi connectivity index (χ1n) is 10.1. The summed E-state index contributed by atoms with van der Waals surface area (Å²) in [5, 5.41) is 3.98. The van der Waals surface area contributed by atoms with Crippen LogP contribution >= 0.6 is 0 Å². The van der Waals surface area contributed by atoms with E-state index in [2.05, 4.69) is 20.1 Å². The van der Waals surface area contributed by atoms with Crippen LogP contribution in [-0.2, 0) is 11.3 Å². The average Bonchev–Trinajstić information content (AvgIpc) is 3.40. The normalized spacial score (nSPS) is 15.0. The summed E-state index contributed by atoms with van der Waals surface area (Å²) in [6.07, 6.45) is 6.80. The molecule has 0 spiro atoms. The zero-order valence-electron chi connectivity index (χ0n) is 16.7. The van der Waals surface area contributed by atoms with Crippen molar-refractivity contribution in [2.75, 3.05) is 13.1 Å². The number of aromatic nitrogens is 5. The molecule has 8 heteroatoms. The van der Waals surface area contributed by atoms with Crippen LogP contribution in [0.4, 0.5) is 0 Å². The Kier molecular flexibility index (Phi) is 4.74. The Morgan fingerprint density at radius 3 is 2.83 bits per heavy atom. The number of carbonyl (C=O) groups is 1. The van der Waals surface area contributed by atoms with Gasteiger partial charge in [0.25, 0.3) is 0 Å². The lowest BCUT2D eigenvalue weighted by Crippen LogP contribution is -2.39. The summed E-state index contributed by atoms with van der Waals surface area (Å²) >= 11 is 0. The first-order chi connectivity index (χ1) is 14.7. The minimum atomic E-state index is 0.116. The molecule has 1 aliphatic rings. The van der Waals surface area contributed by atoms with Gasteiger partial charge in [0.15, 0.2) is 5.76 Å². The van der Waals surface area contributed by atoms with Crippen molar-refractivity contribution >= 4 is 16.9 Å². The summed E-state index contributed by atoms with van der Waals surface area (Å²) < 4.78 is 7.35. The minimum Gasteiger partial charge on any atom is -0.356 e. The molecule has 4 heterocycles. The van der Waals surface area contributed by atoms with Crippen LogP contribution in [0.5, 0.6) is 0 Å². The fraction of sp³-hybridized carbons (Fsp3) is 0.318. The Hall–Kier alpha value is -3.55. The fourth-order valence-electron chi connectivity index (χ4n) is 4.13. The summed E-state index contributed by atoms with van der Waals surface area (Å²) in [7, 11) is 0. The number of imidazole rings is 1. The van der Waals surface area contributed by atoms with Crippen LogP contribution in [0.15, 0.2) is 53.7 Å². The summed E-state index contributed by atoms with van der Waals surface area (Å²) in [4.78, 5) is 27.9. The monoisotopic (exact) mass is 402 g/mol. The number of hydrogen-bond donors (Lipinski definition) is 0. The van der Waals surface area contributed by atoms with Crippen molar-refractivity contribution in [2.45, 2.75) is 32.2 Å². The van der Waals surface area contributed by atoms with Crippen molar-refractivity contribution in [3.05, 3.63) is 60.6 Å². The zero-order valence-corrected chi connectivity index (χ0v) is 16.7. The van der Waals surface area contributed by atoms with Crippen LogP contribution in [0.1, 0.15) is 30.1 Å². The Morgan fingerprint density at radius 2 is 2.03 bits per heavy atom. The molecule has 0 bridgehead atoms. The molecule has 1 aromatic carbocycles. The Labute approximate surface area is 173 Å². The van der Waals surface area contributed by atoms with Gasteiger partial charge in [-0.2, -0.15) is 0 Å². The van der Waals surface area contributed by atoms with Gasteiger partial charge in [0.1, 0.15) is 12.9 Å². The quantitative estimate of drug-likeness (QED) is 0.521. The van der Waals surface area contributed by atoms with Crippen molar-refractivity contribution in [2.24, 2.45) is 0 Å². The van der Waals surface area contributed by atoms with Crippen molar-refractivity contribution in [1.29, 1.82) is 0 Å². The molecule has 1 fully saturated rings. The van der Waals surface area contributed by atoms with Gasteiger partial charge in [0.2, 0.25) is 5.91 Å². The number of likely N-dealkylation sites (tertiary alicyclic amines) is 1. The van der Waals surface area contributed by atoms with E-state index in [1.807, 2.05) is 46.7 Å². The van der Waals surface area contributed by atoms with Crippen LogP contribution in [-0.4, -0.2) is 48.6 Å². The average molecular weight is 402 g/mol. The molecule has 152 valence electrons. The second-order valence-electron chi connectivity index (χ2n) is 7.67. The standard InChI is InChI=1S/C22H22N6O2/c1-15-10-20(30-26-15)17-11-23-13-24-22(17)16-6-8-27(9-7-16)21(29)12-28-14-25-18-4-2-3-5-19(18)28/h2-5,10-11,13-14,16H,6-9,12H2,1H3. The van der Waals surface area contributed by atoms with Crippen LogP contribution in [0.3, 0.4) is 0 Å². The van der Waals surface area contributed by atoms with E-state index in [1.165, 1.54) is 0 Å². The lowest BCUT2D eigenvalue weighted by Gasteiger charge is -2.32. The van der Waals surface area contributed by atoms with E-state index in [-0.39, 0.29) is 11.8 Å². The number of para-hydroxylation sites is 2. The minimum absolute atomic E-state index is 0.116. The van der Waals surface area contributed by atoms with E-state index in [1.54, 1.807) is 18.9 Å². The summed E-state index contributed by atoms with van der Waals surface area (Å²) in [5.41, 5.74) is 4.56. The lowest BCUT2D eigenvalue weighted by atomic mass is 9.90. The number of carbonyl (C=O) groups excluding carboxylic acids is 1. The summed E-state index contributed by atoms with van der Waals surface area (Å²) in [6, 6.07) is 9.76. The molecule has 0 unspecified atom stereocenters. The van der Waals surface area contributed by atoms with Gasteiger partial charge in [-0.25, -0.2) is 15.0 Å². The van der Waals surface area contributed by atoms with Gasteiger partial charge in [-0.15, -0.1) is 0 Å². The molecule has 0 radical (unpaired) electrons. The molecular weight excluding hydrogens is 380 g/mol. The van der Waals surface area contributed by atoms with Gasteiger partial charge < -0.3 is 14.0 Å². The fourth-order valence-corrected chi connectivity index (χ4v) is 4.13. The third kappa shape index (κ3) is 3.45. The highest BCUT2D eigenvalue weighted by Gasteiger charge is 2.27. The Balaban J connectivity index is 1.27. The second kappa shape index (κ2) is 7.70. The Morgan fingerprint density at radius 1 is 1.20 bits per heavy atom. The first kappa shape index (κ1) is 18.5. The van der Waals surface area contributed by atoms with Crippen molar-refractivity contribution in [3.63, 3.8) is 0 Å². The number of nitrogens with zero attached hydrogens (tertiary/aromatic N) is 6. The number of benzene rings is 1. The molecule has 3 aromatic heterocycles. The van der Waals surface area contributed by atoms with Crippen molar-refractivity contribution < 1.29 is 9.32 Å². The zero-order chi connectivity index (χ0) is 20.5. The molecule has 30 heavy (non-hydrogen) atoms. The first-order valence-corrected chi connectivity index (χ1v) is 10.1. The maximum atomic E-state index is 12.9. The molecule has 1 amide bonds. The van der Waals surface area contributed by atoms with Gasteiger partial charge in [-0.1, -0.05) is 17.3 Å². The molecule has 4 aromatic rings. The van der Waals surface area contributed by atoms with Crippen LogP contribution in [0.25, 0.3) is 22.4 Å². The van der Waals surface area contributed by atoms with Crippen molar-refractivity contribution in [1.82, 2.24) is 29.6 Å². The smallest absolute Gasteiger partial charge is 0.242 e. The highest BCUT2D eigenvalue weighted by Crippen LogP contribution is 2.33. The van der Waals surface area contributed by atoms with E-state index in [9.17, 15) is 4.79 Å². The van der Waals surface area contributed by atoms with Crippen LogP contribution in [0.2, 0.25) is 0 Å². The molecule has 1 aliphatic heterocycles. The molecule has 8 nitrogen and oxygen atoms in total. The second-order valence-corrected chi connectivity index (χ2v) is 7.67. The molecule has 0 N–H and O–H groups in total. The van der Waals surface area contributed by atoms with E-state index in [0.717, 1.165) is 40.8 Å². The number of fused-ring (bicyclic) bond motifs is 1. The van der Waals surface area contributed by atoms with E-state index >= 15 is 0 Å². The van der Waals surface area contributed by atoms with Gasteiger partial charge in [-0.05, 0) is 31.9 Å². The molecule has 0 saturated carbocycles. The number of piperidine rings is 1. The molecule has 0 atom stereocenters. The maximum absolute atomic E-state index is 12.9. The van der Waals surface area contributed by atoms with Crippen LogP contribution in [0, 0.1) is 6.92 Å². The lowest BCUT2D eigenvalue weighted by molar-refractivity contribution is -0.132. The molecule has 5 rings (SSSR count). The Bertz CT molecular complexity index is 1190.